The largest absolute Gasteiger partial charge is 0.332 e. The summed E-state index contributed by atoms with van der Waals surface area (Å²) in [6.45, 7) is 3.06. The van der Waals surface area contributed by atoms with E-state index in [9.17, 15) is 9.59 Å². The highest BCUT2D eigenvalue weighted by molar-refractivity contribution is 5.77. The Bertz CT molecular complexity index is 1020. The van der Waals surface area contributed by atoms with Crippen LogP contribution in [-0.2, 0) is 11.3 Å². The number of rotatable bonds is 5. The van der Waals surface area contributed by atoms with Crippen LogP contribution in [0, 0.1) is 6.92 Å². The average molecular weight is 366 g/mol. The average Bonchev–Trinajstić information content (AvgIpc) is 3.32. The van der Waals surface area contributed by atoms with Crippen LogP contribution in [0.3, 0.4) is 0 Å². The van der Waals surface area contributed by atoms with Crippen molar-refractivity contribution in [1.29, 1.82) is 0 Å². The molecule has 0 bridgehead atoms. The van der Waals surface area contributed by atoms with Gasteiger partial charge in [0.05, 0.1) is 23.3 Å². The second-order valence-electron chi connectivity index (χ2n) is 6.89. The number of carbonyl (C=O) groups excluding carboxylic acids is 1. The summed E-state index contributed by atoms with van der Waals surface area (Å²) < 4.78 is 1.58. The van der Waals surface area contributed by atoms with Crippen molar-refractivity contribution < 1.29 is 4.79 Å². The fourth-order valence-electron chi connectivity index (χ4n) is 3.65. The van der Waals surface area contributed by atoms with Gasteiger partial charge in [0.15, 0.2) is 5.82 Å². The number of H-pyrrole nitrogens is 1. The number of aryl methyl sites for hydroxylation is 2. The fraction of sp³-hybridized carbons (Fsp3) is 0.421. The molecule has 0 spiro atoms. The van der Waals surface area contributed by atoms with Gasteiger partial charge in [0.2, 0.25) is 5.91 Å². The zero-order chi connectivity index (χ0) is 18.8. The minimum atomic E-state index is -0.0664. The van der Waals surface area contributed by atoms with E-state index >= 15 is 0 Å². The summed E-state index contributed by atoms with van der Waals surface area (Å²) in [6, 6.07) is 7.24. The van der Waals surface area contributed by atoms with Gasteiger partial charge < -0.3 is 4.90 Å². The molecule has 1 saturated heterocycles. The minimum Gasteiger partial charge on any atom is -0.332 e. The maximum absolute atomic E-state index is 12.7. The van der Waals surface area contributed by atoms with Crippen molar-refractivity contribution in [1.82, 2.24) is 29.6 Å². The molecule has 0 saturated carbocycles. The number of para-hydroxylation sites is 1. The van der Waals surface area contributed by atoms with Crippen LogP contribution < -0.4 is 5.56 Å². The molecule has 2 aromatic heterocycles. The molecule has 140 valence electrons. The lowest BCUT2D eigenvalue weighted by molar-refractivity contribution is -0.132. The summed E-state index contributed by atoms with van der Waals surface area (Å²) in [6.07, 6.45) is 4.38. The Kier molecular flexibility index (Phi) is 4.70. The van der Waals surface area contributed by atoms with Gasteiger partial charge in [-0.15, -0.1) is 0 Å². The molecule has 1 aromatic carbocycles. The van der Waals surface area contributed by atoms with Gasteiger partial charge in [-0.05, 0) is 38.3 Å². The molecule has 8 heteroatoms. The second kappa shape index (κ2) is 7.30. The highest BCUT2D eigenvalue weighted by Gasteiger charge is 2.32. The highest BCUT2D eigenvalue weighted by atomic mass is 16.2. The number of hydrogen-bond acceptors (Lipinski definition) is 5. The van der Waals surface area contributed by atoms with Crippen LogP contribution >= 0.6 is 0 Å². The Hall–Kier alpha value is -3.03. The molecule has 1 atom stereocenters. The Balaban J connectivity index is 1.39. The zero-order valence-corrected chi connectivity index (χ0v) is 15.3. The van der Waals surface area contributed by atoms with Gasteiger partial charge >= 0.3 is 0 Å². The lowest BCUT2D eigenvalue weighted by atomic mass is 10.2. The molecule has 27 heavy (non-hydrogen) atoms. The number of aromatic amines is 1. The normalized spacial score (nSPS) is 16.9. The third-order valence-electron chi connectivity index (χ3n) is 5.01. The first-order chi connectivity index (χ1) is 13.1. The summed E-state index contributed by atoms with van der Waals surface area (Å²) in [7, 11) is 0. The quantitative estimate of drug-likeness (QED) is 0.745. The zero-order valence-electron chi connectivity index (χ0n) is 15.3. The van der Waals surface area contributed by atoms with Gasteiger partial charge in [0.1, 0.15) is 5.82 Å². The van der Waals surface area contributed by atoms with E-state index in [-0.39, 0.29) is 17.5 Å². The van der Waals surface area contributed by atoms with E-state index in [0.29, 0.717) is 36.1 Å². The van der Waals surface area contributed by atoms with E-state index in [0.717, 1.165) is 25.2 Å². The van der Waals surface area contributed by atoms with Crippen LogP contribution in [0.1, 0.15) is 43.4 Å². The first-order valence-electron chi connectivity index (χ1n) is 9.26. The van der Waals surface area contributed by atoms with Crippen molar-refractivity contribution >= 4 is 16.8 Å². The van der Waals surface area contributed by atoms with Crippen LogP contribution in [0.2, 0.25) is 0 Å². The van der Waals surface area contributed by atoms with Gasteiger partial charge in [-0.2, -0.15) is 5.10 Å². The molecule has 8 nitrogen and oxygen atoms in total. The van der Waals surface area contributed by atoms with Crippen LogP contribution in [0.5, 0.6) is 0 Å². The number of aromatic nitrogens is 5. The van der Waals surface area contributed by atoms with E-state index < -0.39 is 0 Å². The van der Waals surface area contributed by atoms with E-state index in [1.54, 1.807) is 17.0 Å². The van der Waals surface area contributed by atoms with Crippen molar-refractivity contribution in [2.24, 2.45) is 0 Å². The summed E-state index contributed by atoms with van der Waals surface area (Å²) in [4.78, 5) is 35.8. The predicted molar refractivity (Wildman–Crippen MR) is 100 cm³/mol. The SMILES string of the molecule is Cc1nc([C@@H]2CCCN2C(=O)CCCn2cnc3ccccc3c2=O)n[nH]1. The third kappa shape index (κ3) is 3.47. The number of nitrogens with zero attached hydrogens (tertiary/aromatic N) is 5. The summed E-state index contributed by atoms with van der Waals surface area (Å²) in [5.41, 5.74) is 0.625. The second-order valence-corrected chi connectivity index (χ2v) is 6.89. The van der Waals surface area contributed by atoms with Crippen molar-refractivity contribution in [3.63, 3.8) is 0 Å². The first kappa shape index (κ1) is 17.4. The van der Waals surface area contributed by atoms with Gasteiger partial charge in [0, 0.05) is 19.5 Å². The molecule has 3 heterocycles. The first-order valence-corrected chi connectivity index (χ1v) is 9.26. The third-order valence-corrected chi connectivity index (χ3v) is 5.01. The standard InChI is InChI=1S/C19H22N6O2/c1-13-21-18(23-22-13)16-8-4-11-25(16)17(26)9-5-10-24-12-20-15-7-3-2-6-14(15)19(24)27/h2-3,6-7,12,16H,4-5,8-11H2,1H3,(H,21,22,23)/t16-/m0/s1. The molecule has 0 aliphatic carbocycles. The smallest absolute Gasteiger partial charge is 0.261 e. The lowest BCUT2D eigenvalue weighted by Crippen LogP contribution is -2.31. The number of carbonyl (C=O) groups is 1. The van der Waals surface area contributed by atoms with Crippen molar-refractivity contribution in [3.05, 3.63) is 52.6 Å². The minimum absolute atomic E-state index is 0.0486. The molecule has 3 aromatic rings. The number of nitrogens with one attached hydrogen (secondary N) is 1. The predicted octanol–water partition coefficient (Wildman–Crippen LogP) is 1.97. The molecule has 1 fully saturated rings. The Labute approximate surface area is 156 Å². The summed E-state index contributed by atoms with van der Waals surface area (Å²) in [5, 5.41) is 7.66. The van der Waals surface area contributed by atoms with E-state index in [1.165, 1.54) is 0 Å². The monoisotopic (exact) mass is 366 g/mol. The van der Waals surface area contributed by atoms with Crippen molar-refractivity contribution in [2.45, 2.75) is 45.2 Å². The number of amides is 1. The topological polar surface area (TPSA) is 96.8 Å². The molecular weight excluding hydrogens is 344 g/mol. The molecule has 4 rings (SSSR count). The lowest BCUT2D eigenvalue weighted by Gasteiger charge is -2.22. The molecule has 1 amide bonds. The van der Waals surface area contributed by atoms with Gasteiger partial charge in [-0.25, -0.2) is 9.97 Å². The molecular formula is C19H22N6O2. The van der Waals surface area contributed by atoms with Crippen LogP contribution in [0.4, 0.5) is 0 Å². The van der Waals surface area contributed by atoms with Crippen molar-refractivity contribution in [2.75, 3.05) is 6.54 Å². The Morgan fingerprint density at radius 2 is 2.19 bits per heavy atom. The number of fused-ring (bicyclic) bond motifs is 1. The maximum atomic E-state index is 12.7. The van der Waals surface area contributed by atoms with Crippen molar-refractivity contribution in [3.8, 4) is 0 Å². The molecule has 1 aliphatic heterocycles. The van der Waals surface area contributed by atoms with Gasteiger partial charge in [0.25, 0.3) is 5.56 Å². The van der Waals surface area contributed by atoms with E-state index in [4.69, 9.17) is 0 Å². The number of likely N-dealkylation sites (tertiary alicyclic amines) is 1. The molecule has 1 N–H and O–H groups in total. The Morgan fingerprint density at radius 1 is 1.33 bits per heavy atom. The van der Waals surface area contributed by atoms with Gasteiger partial charge in [-0.3, -0.25) is 19.3 Å². The van der Waals surface area contributed by atoms with E-state index in [2.05, 4.69) is 20.2 Å². The van der Waals surface area contributed by atoms with Crippen LogP contribution in [0.25, 0.3) is 10.9 Å². The van der Waals surface area contributed by atoms with Crippen LogP contribution in [-0.4, -0.2) is 42.1 Å². The van der Waals surface area contributed by atoms with E-state index in [1.807, 2.05) is 30.0 Å². The van der Waals surface area contributed by atoms with Gasteiger partial charge in [-0.1, -0.05) is 12.1 Å². The number of benzene rings is 1. The van der Waals surface area contributed by atoms with Crippen LogP contribution in [0.15, 0.2) is 35.4 Å². The molecule has 0 radical (unpaired) electrons. The maximum Gasteiger partial charge on any atom is 0.261 e. The summed E-state index contributed by atoms with van der Waals surface area (Å²) in [5.74, 6) is 1.53. The number of hydrogen-bond donors (Lipinski definition) is 1. The fourth-order valence-corrected chi connectivity index (χ4v) is 3.65. The molecule has 1 aliphatic rings. The molecule has 0 unspecified atom stereocenters. The summed E-state index contributed by atoms with van der Waals surface area (Å²) >= 11 is 0. The Morgan fingerprint density at radius 3 is 3.00 bits per heavy atom. The highest BCUT2D eigenvalue weighted by Crippen LogP contribution is 2.30.